The van der Waals surface area contributed by atoms with E-state index in [1.807, 2.05) is 13.1 Å². The lowest BCUT2D eigenvalue weighted by Gasteiger charge is -2.27. The van der Waals surface area contributed by atoms with E-state index in [-0.39, 0.29) is 0 Å². The fourth-order valence-corrected chi connectivity index (χ4v) is 3.24. The van der Waals surface area contributed by atoms with Gasteiger partial charge in [-0.1, -0.05) is 35.9 Å². The minimum atomic E-state index is 0.798. The number of anilines is 2. The second-order valence-corrected chi connectivity index (χ2v) is 5.98. The lowest BCUT2D eigenvalue weighted by Crippen LogP contribution is -2.20. The van der Waals surface area contributed by atoms with Gasteiger partial charge in [0.1, 0.15) is 0 Å². The van der Waals surface area contributed by atoms with E-state index in [9.17, 15) is 0 Å². The molecule has 2 aromatic rings. The number of rotatable bonds is 3. The minimum absolute atomic E-state index is 0.798. The monoisotopic (exact) mass is 300 g/mol. The average Bonchev–Trinajstić information content (AvgIpc) is 2.72. The van der Waals surface area contributed by atoms with Crippen LogP contribution in [0.3, 0.4) is 0 Å². The summed E-state index contributed by atoms with van der Waals surface area (Å²) in [6.07, 6.45) is 3.62. The van der Waals surface area contributed by atoms with E-state index in [4.69, 9.17) is 11.6 Å². The zero-order valence-corrected chi connectivity index (χ0v) is 13.2. The highest BCUT2D eigenvalue weighted by atomic mass is 35.5. The quantitative estimate of drug-likeness (QED) is 0.895. The summed E-state index contributed by atoms with van der Waals surface area (Å²) >= 11 is 6.26. The van der Waals surface area contributed by atoms with E-state index in [1.165, 1.54) is 35.3 Å². The summed E-state index contributed by atoms with van der Waals surface area (Å²) < 4.78 is 0. The Morgan fingerprint density at radius 1 is 1.10 bits per heavy atom. The highest BCUT2D eigenvalue weighted by Crippen LogP contribution is 2.35. The van der Waals surface area contributed by atoms with Crippen molar-refractivity contribution in [3.05, 3.63) is 58.6 Å². The molecule has 3 heteroatoms. The SMILES string of the molecule is CNCc1ccc(Cl)cc1N1CCCCc2ccccc21. The predicted molar refractivity (Wildman–Crippen MR) is 90.6 cm³/mol. The molecule has 1 aliphatic heterocycles. The van der Waals surface area contributed by atoms with Crippen LogP contribution >= 0.6 is 11.6 Å². The lowest BCUT2D eigenvalue weighted by atomic mass is 10.1. The van der Waals surface area contributed by atoms with Crippen LogP contribution in [0.4, 0.5) is 11.4 Å². The number of aryl methyl sites for hydroxylation is 1. The molecule has 21 heavy (non-hydrogen) atoms. The van der Waals surface area contributed by atoms with Crippen molar-refractivity contribution in [2.45, 2.75) is 25.8 Å². The van der Waals surface area contributed by atoms with Crippen LogP contribution in [0.25, 0.3) is 0 Å². The van der Waals surface area contributed by atoms with E-state index >= 15 is 0 Å². The van der Waals surface area contributed by atoms with Gasteiger partial charge in [-0.2, -0.15) is 0 Å². The van der Waals surface area contributed by atoms with E-state index in [2.05, 4.69) is 46.6 Å². The van der Waals surface area contributed by atoms with E-state index in [0.717, 1.165) is 24.5 Å². The molecule has 2 aromatic carbocycles. The van der Waals surface area contributed by atoms with Crippen LogP contribution in [-0.2, 0) is 13.0 Å². The number of benzene rings is 2. The molecule has 0 saturated carbocycles. The topological polar surface area (TPSA) is 15.3 Å². The molecule has 110 valence electrons. The highest BCUT2D eigenvalue weighted by molar-refractivity contribution is 6.30. The molecule has 0 saturated heterocycles. The Kier molecular flexibility index (Phi) is 4.47. The van der Waals surface area contributed by atoms with Gasteiger partial charge in [-0.05, 0) is 55.6 Å². The number of halogens is 1. The van der Waals surface area contributed by atoms with Crippen molar-refractivity contribution < 1.29 is 0 Å². The van der Waals surface area contributed by atoms with Gasteiger partial charge in [0.05, 0.1) is 0 Å². The van der Waals surface area contributed by atoms with Gasteiger partial charge in [-0.25, -0.2) is 0 Å². The smallest absolute Gasteiger partial charge is 0.0471 e. The van der Waals surface area contributed by atoms with Crippen molar-refractivity contribution in [3.8, 4) is 0 Å². The summed E-state index contributed by atoms with van der Waals surface area (Å²) in [5.41, 5.74) is 5.28. The Hall–Kier alpha value is -1.51. The van der Waals surface area contributed by atoms with E-state index in [0.29, 0.717) is 0 Å². The molecule has 0 bridgehead atoms. The number of nitrogens with one attached hydrogen (secondary N) is 1. The second kappa shape index (κ2) is 6.50. The second-order valence-electron chi connectivity index (χ2n) is 5.54. The molecule has 0 spiro atoms. The molecule has 0 fully saturated rings. The third-order valence-electron chi connectivity index (χ3n) is 4.07. The molecule has 0 unspecified atom stereocenters. The van der Waals surface area contributed by atoms with Crippen LogP contribution < -0.4 is 10.2 Å². The predicted octanol–water partition coefficient (Wildman–Crippen LogP) is 4.53. The van der Waals surface area contributed by atoms with E-state index < -0.39 is 0 Å². The number of hydrogen-bond acceptors (Lipinski definition) is 2. The first-order valence-corrected chi connectivity index (χ1v) is 7.96. The maximum absolute atomic E-state index is 6.26. The first-order valence-electron chi connectivity index (χ1n) is 7.58. The van der Waals surface area contributed by atoms with Crippen LogP contribution in [0, 0.1) is 0 Å². The van der Waals surface area contributed by atoms with Gasteiger partial charge in [0, 0.05) is 29.5 Å². The van der Waals surface area contributed by atoms with Crippen molar-refractivity contribution in [2.24, 2.45) is 0 Å². The molecule has 1 N–H and O–H groups in total. The van der Waals surface area contributed by atoms with Gasteiger partial charge < -0.3 is 10.2 Å². The van der Waals surface area contributed by atoms with Crippen molar-refractivity contribution in [1.29, 1.82) is 0 Å². The molecule has 1 heterocycles. The van der Waals surface area contributed by atoms with Crippen LogP contribution in [0.15, 0.2) is 42.5 Å². The summed E-state index contributed by atoms with van der Waals surface area (Å²) in [6, 6.07) is 14.9. The summed E-state index contributed by atoms with van der Waals surface area (Å²) in [5.74, 6) is 0. The summed E-state index contributed by atoms with van der Waals surface area (Å²) in [4.78, 5) is 2.43. The molecule has 3 rings (SSSR count). The Morgan fingerprint density at radius 2 is 1.95 bits per heavy atom. The molecule has 0 aliphatic carbocycles. The van der Waals surface area contributed by atoms with Crippen molar-refractivity contribution in [3.63, 3.8) is 0 Å². The fraction of sp³-hybridized carbons (Fsp3) is 0.333. The maximum atomic E-state index is 6.26. The Bertz CT molecular complexity index is 624. The Labute approximate surface area is 131 Å². The molecular formula is C18H21ClN2. The Morgan fingerprint density at radius 3 is 2.81 bits per heavy atom. The maximum Gasteiger partial charge on any atom is 0.0471 e. The highest BCUT2D eigenvalue weighted by Gasteiger charge is 2.18. The zero-order chi connectivity index (χ0) is 14.7. The molecular weight excluding hydrogens is 280 g/mol. The van der Waals surface area contributed by atoms with Crippen LogP contribution in [0.5, 0.6) is 0 Å². The van der Waals surface area contributed by atoms with Gasteiger partial charge >= 0.3 is 0 Å². The van der Waals surface area contributed by atoms with Gasteiger partial charge in [0.15, 0.2) is 0 Å². The van der Waals surface area contributed by atoms with Crippen molar-refractivity contribution in [1.82, 2.24) is 5.32 Å². The van der Waals surface area contributed by atoms with Crippen molar-refractivity contribution >= 4 is 23.0 Å². The molecule has 0 aromatic heterocycles. The minimum Gasteiger partial charge on any atom is -0.341 e. The van der Waals surface area contributed by atoms with Crippen LogP contribution in [0.1, 0.15) is 24.0 Å². The third-order valence-corrected chi connectivity index (χ3v) is 4.30. The standard InChI is InChI=1S/C18H21ClN2/c1-20-13-15-9-10-16(19)12-18(15)21-11-5-4-7-14-6-2-3-8-17(14)21/h2-3,6,8-10,12,20H,4-5,7,11,13H2,1H3. The van der Waals surface area contributed by atoms with Crippen LogP contribution in [0.2, 0.25) is 5.02 Å². The molecule has 0 radical (unpaired) electrons. The van der Waals surface area contributed by atoms with Gasteiger partial charge in [0.25, 0.3) is 0 Å². The number of para-hydroxylation sites is 1. The third kappa shape index (κ3) is 3.07. The number of hydrogen-bond donors (Lipinski definition) is 1. The van der Waals surface area contributed by atoms with Gasteiger partial charge in [-0.15, -0.1) is 0 Å². The Balaban J connectivity index is 2.09. The molecule has 2 nitrogen and oxygen atoms in total. The molecule has 0 amide bonds. The summed E-state index contributed by atoms with van der Waals surface area (Å²) in [7, 11) is 1.98. The first-order chi connectivity index (χ1) is 10.3. The van der Waals surface area contributed by atoms with Gasteiger partial charge in [-0.3, -0.25) is 0 Å². The van der Waals surface area contributed by atoms with Crippen LogP contribution in [-0.4, -0.2) is 13.6 Å². The number of nitrogens with zero attached hydrogens (tertiary/aromatic N) is 1. The summed E-state index contributed by atoms with van der Waals surface area (Å²) in [6.45, 7) is 1.90. The van der Waals surface area contributed by atoms with Crippen molar-refractivity contribution in [2.75, 3.05) is 18.5 Å². The first kappa shape index (κ1) is 14.4. The largest absolute Gasteiger partial charge is 0.341 e. The molecule has 0 atom stereocenters. The zero-order valence-electron chi connectivity index (χ0n) is 12.4. The normalized spacial score (nSPS) is 14.7. The average molecular weight is 301 g/mol. The van der Waals surface area contributed by atoms with E-state index in [1.54, 1.807) is 0 Å². The lowest BCUT2D eigenvalue weighted by molar-refractivity contribution is 0.755. The summed E-state index contributed by atoms with van der Waals surface area (Å²) in [5, 5.41) is 4.05. The molecule has 1 aliphatic rings. The van der Waals surface area contributed by atoms with Gasteiger partial charge in [0.2, 0.25) is 0 Å². The fourth-order valence-electron chi connectivity index (χ4n) is 3.07. The number of fused-ring (bicyclic) bond motifs is 1.